The van der Waals surface area contributed by atoms with Gasteiger partial charge in [-0.2, -0.15) is 5.26 Å². The lowest BCUT2D eigenvalue weighted by Gasteiger charge is -2.31. The predicted molar refractivity (Wildman–Crippen MR) is 125 cm³/mol. The Balaban J connectivity index is 1.95. The number of halogens is 1. The van der Waals surface area contributed by atoms with Crippen LogP contribution in [-0.2, 0) is 9.53 Å². The molecule has 0 radical (unpaired) electrons. The van der Waals surface area contributed by atoms with Crippen molar-refractivity contribution >= 4 is 29.2 Å². The number of nitrogens with one attached hydrogen (secondary N) is 1. The van der Waals surface area contributed by atoms with Gasteiger partial charge < -0.3 is 26.4 Å². The second kappa shape index (κ2) is 10.7. The molecule has 0 spiro atoms. The molecular weight excluding hydrogens is 425 g/mol. The minimum atomic E-state index is -0.623. The Morgan fingerprint density at radius 3 is 2.82 bits per heavy atom. The summed E-state index contributed by atoms with van der Waals surface area (Å²) in [5.74, 6) is -0.552. The Morgan fingerprint density at radius 1 is 1.42 bits per heavy atom. The van der Waals surface area contributed by atoms with E-state index in [1.807, 2.05) is 6.07 Å². The summed E-state index contributed by atoms with van der Waals surface area (Å²) in [4.78, 5) is 21.8. The van der Waals surface area contributed by atoms with Gasteiger partial charge in [0.05, 0.1) is 19.2 Å². The van der Waals surface area contributed by atoms with E-state index >= 15 is 0 Å². The van der Waals surface area contributed by atoms with Crippen LogP contribution in [0.25, 0.3) is 5.57 Å². The van der Waals surface area contributed by atoms with E-state index in [0.29, 0.717) is 49.4 Å². The van der Waals surface area contributed by atoms with E-state index < -0.39 is 5.82 Å². The normalized spacial score (nSPS) is 20.1. The van der Waals surface area contributed by atoms with Crippen molar-refractivity contribution in [1.29, 1.82) is 5.26 Å². The van der Waals surface area contributed by atoms with Crippen molar-refractivity contribution in [3.8, 4) is 6.07 Å². The number of benzene rings is 1. The van der Waals surface area contributed by atoms with Gasteiger partial charge in [0.15, 0.2) is 0 Å². The van der Waals surface area contributed by atoms with Gasteiger partial charge in [0.2, 0.25) is 5.91 Å². The number of hydrogen-bond donors (Lipinski definition) is 3. The first-order valence-electron chi connectivity index (χ1n) is 10.6. The fourth-order valence-corrected chi connectivity index (χ4v) is 3.77. The van der Waals surface area contributed by atoms with Gasteiger partial charge in [-0.05, 0) is 24.1 Å². The standard InChI is InChI=1S/C23H28FN7O2/c1-14(32)31-7-5-21(29-16-6-8-33-13-16)18(12-31)23(27)30-22-4-3-15(9-19(22)24)17(11-28-2)20(26)10-25/h3-4,9,11,16,29H,5-8,12-13,26H2,1-2H3,(H2,27,30). The first kappa shape index (κ1) is 23.9. The number of nitrogens with two attached hydrogens (primary N) is 2. The third-order valence-electron chi connectivity index (χ3n) is 5.58. The van der Waals surface area contributed by atoms with E-state index in [1.165, 1.54) is 32.3 Å². The summed E-state index contributed by atoms with van der Waals surface area (Å²) in [5.41, 5.74) is 14.3. The smallest absolute Gasteiger partial charge is 0.219 e. The number of amidine groups is 1. The molecule has 0 bridgehead atoms. The summed E-state index contributed by atoms with van der Waals surface area (Å²) in [6, 6.07) is 6.32. The number of ether oxygens (including phenoxy) is 1. The van der Waals surface area contributed by atoms with Gasteiger partial charge in [0.1, 0.15) is 29.1 Å². The van der Waals surface area contributed by atoms with Crippen LogP contribution in [0.5, 0.6) is 0 Å². The molecule has 2 heterocycles. The molecular formula is C23H28FN7O2. The second-order valence-corrected chi connectivity index (χ2v) is 7.84. The first-order valence-corrected chi connectivity index (χ1v) is 10.6. The van der Waals surface area contributed by atoms with Crippen LogP contribution in [0.3, 0.4) is 0 Å². The molecule has 0 saturated carbocycles. The average Bonchev–Trinajstić information content (AvgIpc) is 3.31. The Kier molecular flexibility index (Phi) is 7.79. The van der Waals surface area contributed by atoms with E-state index in [0.717, 1.165) is 12.1 Å². The van der Waals surface area contributed by atoms with Crippen molar-refractivity contribution in [3.63, 3.8) is 0 Å². The Labute approximate surface area is 192 Å². The number of carbonyl (C=O) groups excluding carboxylic acids is 1. The minimum absolute atomic E-state index is 0.0376. The summed E-state index contributed by atoms with van der Waals surface area (Å²) >= 11 is 0. The van der Waals surface area contributed by atoms with Gasteiger partial charge in [0, 0.05) is 56.6 Å². The van der Waals surface area contributed by atoms with Crippen molar-refractivity contribution in [2.75, 3.05) is 33.4 Å². The molecule has 0 aliphatic carbocycles. The second-order valence-electron chi connectivity index (χ2n) is 7.84. The third kappa shape index (κ3) is 5.75. The molecule has 10 heteroatoms. The molecule has 2 aliphatic rings. The minimum Gasteiger partial charge on any atom is -0.390 e. The Bertz CT molecular complexity index is 1080. The summed E-state index contributed by atoms with van der Waals surface area (Å²) < 4.78 is 20.3. The van der Waals surface area contributed by atoms with E-state index in [-0.39, 0.29) is 29.2 Å². The quantitative estimate of drug-likeness (QED) is 0.339. The highest BCUT2D eigenvalue weighted by atomic mass is 19.1. The number of allylic oxidation sites excluding steroid dienone is 2. The first-order chi connectivity index (χ1) is 15.8. The number of nitriles is 1. The van der Waals surface area contributed by atoms with E-state index in [4.69, 9.17) is 21.5 Å². The monoisotopic (exact) mass is 453 g/mol. The third-order valence-corrected chi connectivity index (χ3v) is 5.58. The number of nitrogens with zero attached hydrogens (tertiary/aromatic N) is 4. The molecule has 3 rings (SSSR count). The molecule has 1 atom stereocenters. The van der Waals surface area contributed by atoms with Gasteiger partial charge >= 0.3 is 0 Å². The van der Waals surface area contributed by atoms with Crippen molar-refractivity contribution in [2.24, 2.45) is 21.5 Å². The van der Waals surface area contributed by atoms with Gasteiger partial charge in [-0.1, -0.05) is 6.07 Å². The Morgan fingerprint density at radius 2 is 2.21 bits per heavy atom. The van der Waals surface area contributed by atoms with E-state index in [9.17, 15) is 9.18 Å². The summed E-state index contributed by atoms with van der Waals surface area (Å²) in [7, 11) is 1.53. The Hall–Kier alpha value is -3.71. The van der Waals surface area contributed by atoms with Gasteiger partial charge in [0.25, 0.3) is 0 Å². The fraction of sp³-hybridized carbons (Fsp3) is 0.391. The van der Waals surface area contributed by atoms with Crippen LogP contribution in [0, 0.1) is 17.1 Å². The number of aliphatic imine (C=N–C) groups is 2. The van der Waals surface area contributed by atoms with Crippen LogP contribution < -0.4 is 16.8 Å². The molecule has 2 aliphatic heterocycles. The van der Waals surface area contributed by atoms with Crippen molar-refractivity contribution in [1.82, 2.24) is 10.2 Å². The van der Waals surface area contributed by atoms with Crippen molar-refractivity contribution in [3.05, 3.63) is 46.5 Å². The van der Waals surface area contributed by atoms with Crippen LogP contribution in [0.2, 0.25) is 0 Å². The lowest BCUT2D eigenvalue weighted by molar-refractivity contribution is -0.128. The van der Waals surface area contributed by atoms with Gasteiger partial charge in [-0.25, -0.2) is 9.38 Å². The maximum Gasteiger partial charge on any atom is 0.219 e. The molecule has 1 amide bonds. The fourth-order valence-electron chi connectivity index (χ4n) is 3.77. The number of rotatable bonds is 6. The van der Waals surface area contributed by atoms with Crippen LogP contribution in [0.15, 0.2) is 45.2 Å². The number of carbonyl (C=O) groups is 1. The highest BCUT2D eigenvalue weighted by Gasteiger charge is 2.26. The lowest BCUT2D eigenvalue weighted by Crippen LogP contribution is -2.43. The molecule has 33 heavy (non-hydrogen) atoms. The van der Waals surface area contributed by atoms with Crippen molar-refractivity contribution < 1.29 is 13.9 Å². The zero-order valence-electron chi connectivity index (χ0n) is 18.8. The molecule has 1 saturated heterocycles. The van der Waals surface area contributed by atoms with Crippen LogP contribution in [0.4, 0.5) is 10.1 Å². The zero-order valence-corrected chi connectivity index (χ0v) is 18.8. The average molecular weight is 454 g/mol. The SMILES string of the molecule is CN=CC(=C(N)C#N)c1ccc(N=C(N)C2=C(NC3CCOC3)CCN(C(C)=O)C2)c(F)c1. The predicted octanol–water partition coefficient (Wildman–Crippen LogP) is 1.59. The highest BCUT2D eigenvalue weighted by Crippen LogP contribution is 2.25. The van der Waals surface area contributed by atoms with E-state index in [1.54, 1.807) is 11.0 Å². The van der Waals surface area contributed by atoms with Gasteiger partial charge in [-0.3, -0.25) is 9.79 Å². The number of amides is 1. The van der Waals surface area contributed by atoms with Crippen LogP contribution >= 0.6 is 0 Å². The lowest BCUT2D eigenvalue weighted by atomic mass is 10.0. The maximum atomic E-state index is 14.9. The molecule has 1 aromatic rings. The molecule has 9 nitrogen and oxygen atoms in total. The van der Waals surface area contributed by atoms with Crippen molar-refractivity contribution in [2.45, 2.75) is 25.8 Å². The molecule has 5 N–H and O–H groups in total. The summed E-state index contributed by atoms with van der Waals surface area (Å²) in [5, 5.41) is 12.6. The molecule has 1 fully saturated rings. The highest BCUT2D eigenvalue weighted by molar-refractivity contribution is 6.11. The molecule has 1 aromatic carbocycles. The molecule has 0 aromatic heterocycles. The largest absolute Gasteiger partial charge is 0.390 e. The summed E-state index contributed by atoms with van der Waals surface area (Å²) in [6.45, 7) is 3.65. The van der Waals surface area contributed by atoms with Gasteiger partial charge in [-0.15, -0.1) is 0 Å². The van der Waals surface area contributed by atoms with E-state index in [2.05, 4.69) is 15.3 Å². The summed E-state index contributed by atoms with van der Waals surface area (Å²) in [6.07, 6.45) is 2.88. The topological polar surface area (TPSA) is 142 Å². The zero-order chi connectivity index (χ0) is 24.0. The van der Waals surface area contributed by atoms with Crippen LogP contribution in [0.1, 0.15) is 25.3 Å². The number of hydrogen-bond acceptors (Lipinski definition) is 7. The van der Waals surface area contributed by atoms with Crippen LogP contribution in [-0.4, -0.2) is 62.3 Å². The molecule has 1 unspecified atom stereocenters. The molecule has 174 valence electrons. The maximum absolute atomic E-state index is 14.9.